The third kappa shape index (κ3) is 5.68. The van der Waals surface area contributed by atoms with Crippen LogP contribution < -0.4 is 10.6 Å². The fourth-order valence-corrected chi connectivity index (χ4v) is 5.11. The maximum Gasteiger partial charge on any atom is 0.407 e. The van der Waals surface area contributed by atoms with Gasteiger partial charge in [0.1, 0.15) is 17.7 Å². The summed E-state index contributed by atoms with van der Waals surface area (Å²) in [5.41, 5.74) is 4.39. The molecule has 4 rings (SSSR count). The van der Waals surface area contributed by atoms with Crippen molar-refractivity contribution in [3.63, 3.8) is 0 Å². The molecule has 3 aromatic rings. The van der Waals surface area contributed by atoms with Gasteiger partial charge < -0.3 is 20.5 Å². The number of nitrogens with zero attached hydrogens (tertiary/aromatic N) is 1. The van der Waals surface area contributed by atoms with E-state index < -0.39 is 24.0 Å². The van der Waals surface area contributed by atoms with Crippen molar-refractivity contribution in [3.05, 3.63) is 76.2 Å². The van der Waals surface area contributed by atoms with E-state index in [1.165, 1.54) is 11.3 Å². The van der Waals surface area contributed by atoms with Crippen LogP contribution >= 0.6 is 11.3 Å². The molecule has 2 amide bonds. The lowest BCUT2D eigenvalue weighted by Gasteiger charge is -2.22. The van der Waals surface area contributed by atoms with Crippen LogP contribution in [0, 0.1) is 0 Å². The maximum atomic E-state index is 12.9. The maximum absolute atomic E-state index is 12.9. The summed E-state index contributed by atoms with van der Waals surface area (Å²) in [6.45, 7) is 2.02. The number of carboxylic acids is 1. The van der Waals surface area contributed by atoms with Crippen LogP contribution in [0.15, 0.2) is 60.1 Å². The van der Waals surface area contributed by atoms with Crippen LogP contribution in [0.1, 0.15) is 54.3 Å². The Morgan fingerprint density at radius 3 is 2.29 bits per heavy atom. The summed E-state index contributed by atoms with van der Waals surface area (Å²) in [4.78, 5) is 41.0. The van der Waals surface area contributed by atoms with Gasteiger partial charge in [0.25, 0.3) is 0 Å². The first-order chi connectivity index (χ1) is 17.0. The number of rotatable bonds is 10. The number of hydrogen-bond donors (Lipinski definition) is 3. The lowest BCUT2D eigenvalue weighted by atomic mass is 9.98. The van der Waals surface area contributed by atoms with E-state index in [2.05, 4.69) is 15.6 Å². The highest BCUT2D eigenvalue weighted by Crippen LogP contribution is 2.44. The van der Waals surface area contributed by atoms with E-state index >= 15 is 0 Å². The van der Waals surface area contributed by atoms with Gasteiger partial charge in [-0.15, -0.1) is 11.3 Å². The second-order valence-corrected chi connectivity index (χ2v) is 9.22. The standard InChI is InChI=1S/C26H27N3O5S/c1-2-21(25-27-13-14-35-25)28-24(32)22(11-12-23(30)31)29-26(33)34-15-20-18-9-5-3-7-16(18)17-8-4-6-10-19(17)20/h3-10,13-14,20-22H,2,11-12,15H2,1H3,(H,28,32)(H,29,33)(H,30,31). The number of aromatic nitrogens is 1. The Bertz CT molecular complexity index is 1150. The molecule has 1 aromatic heterocycles. The average Bonchev–Trinajstić information content (AvgIpc) is 3.50. The molecule has 0 spiro atoms. The van der Waals surface area contributed by atoms with Gasteiger partial charge in [-0.1, -0.05) is 55.5 Å². The van der Waals surface area contributed by atoms with Gasteiger partial charge in [0, 0.05) is 23.9 Å². The van der Waals surface area contributed by atoms with Gasteiger partial charge in [0.15, 0.2) is 0 Å². The molecule has 0 saturated carbocycles. The number of aliphatic carboxylic acids is 1. The molecule has 9 heteroatoms. The van der Waals surface area contributed by atoms with E-state index in [1.54, 1.807) is 6.20 Å². The zero-order valence-electron chi connectivity index (χ0n) is 19.3. The number of benzene rings is 2. The second-order valence-electron chi connectivity index (χ2n) is 8.29. The van der Waals surface area contributed by atoms with Crippen molar-refractivity contribution < 1.29 is 24.2 Å². The van der Waals surface area contributed by atoms with Crippen molar-refractivity contribution in [2.45, 2.75) is 44.2 Å². The third-order valence-corrected chi connectivity index (χ3v) is 6.96. The number of amides is 2. The summed E-state index contributed by atoms with van der Waals surface area (Å²) >= 11 is 1.42. The molecule has 35 heavy (non-hydrogen) atoms. The summed E-state index contributed by atoms with van der Waals surface area (Å²) < 4.78 is 5.54. The van der Waals surface area contributed by atoms with Gasteiger partial charge in [-0.25, -0.2) is 9.78 Å². The van der Waals surface area contributed by atoms with Crippen molar-refractivity contribution in [2.24, 2.45) is 0 Å². The molecule has 2 atom stereocenters. The summed E-state index contributed by atoms with van der Waals surface area (Å²) in [5, 5.41) is 17.1. The molecule has 0 saturated heterocycles. The van der Waals surface area contributed by atoms with E-state index in [1.807, 2.05) is 60.8 Å². The quantitative estimate of drug-likeness (QED) is 0.383. The molecule has 182 valence electrons. The van der Waals surface area contributed by atoms with Gasteiger partial charge in [-0.3, -0.25) is 9.59 Å². The van der Waals surface area contributed by atoms with Crippen LogP contribution in [0.2, 0.25) is 0 Å². The minimum atomic E-state index is -1.05. The molecule has 1 aliphatic carbocycles. The largest absolute Gasteiger partial charge is 0.481 e. The van der Waals surface area contributed by atoms with Crippen LogP contribution in [0.3, 0.4) is 0 Å². The van der Waals surface area contributed by atoms with Crippen molar-refractivity contribution in [2.75, 3.05) is 6.61 Å². The van der Waals surface area contributed by atoms with Crippen LogP contribution in [0.25, 0.3) is 11.1 Å². The van der Waals surface area contributed by atoms with Gasteiger partial charge in [0.05, 0.1) is 6.04 Å². The number of fused-ring (bicyclic) bond motifs is 3. The van der Waals surface area contributed by atoms with E-state index in [-0.39, 0.29) is 31.4 Å². The number of thiazole rings is 1. The summed E-state index contributed by atoms with van der Waals surface area (Å²) in [6.07, 6.45) is 1.18. The second kappa shape index (κ2) is 11.1. The number of nitrogens with one attached hydrogen (secondary N) is 2. The van der Waals surface area contributed by atoms with E-state index in [0.29, 0.717) is 6.42 Å². The molecule has 0 aliphatic heterocycles. The molecule has 1 heterocycles. The molecule has 3 N–H and O–H groups in total. The molecule has 0 fully saturated rings. The Morgan fingerprint density at radius 2 is 1.71 bits per heavy atom. The number of ether oxygens (including phenoxy) is 1. The number of carbonyl (C=O) groups is 3. The molecule has 1 aliphatic rings. The Balaban J connectivity index is 1.42. The topological polar surface area (TPSA) is 118 Å². The Hall–Kier alpha value is -3.72. The normalized spacial score (nSPS) is 13.9. The number of hydrogen-bond acceptors (Lipinski definition) is 6. The predicted octanol–water partition coefficient (Wildman–Crippen LogP) is 4.48. The number of carbonyl (C=O) groups excluding carboxylic acids is 2. The van der Waals surface area contributed by atoms with Crippen LogP contribution in [-0.2, 0) is 14.3 Å². The fourth-order valence-electron chi connectivity index (χ4n) is 4.34. The number of carboxylic acid groups (broad SMARTS) is 1. The van der Waals surface area contributed by atoms with E-state index in [0.717, 1.165) is 27.3 Å². The van der Waals surface area contributed by atoms with E-state index in [9.17, 15) is 14.4 Å². The zero-order chi connectivity index (χ0) is 24.8. The highest BCUT2D eigenvalue weighted by atomic mass is 32.1. The van der Waals surface area contributed by atoms with Gasteiger partial charge in [0.2, 0.25) is 5.91 Å². The first-order valence-electron chi connectivity index (χ1n) is 11.5. The highest BCUT2D eigenvalue weighted by molar-refractivity contribution is 7.09. The smallest absolute Gasteiger partial charge is 0.407 e. The highest BCUT2D eigenvalue weighted by Gasteiger charge is 2.30. The van der Waals surface area contributed by atoms with Crippen LogP contribution in [-0.4, -0.2) is 40.7 Å². The Kier molecular flexibility index (Phi) is 7.77. The monoisotopic (exact) mass is 493 g/mol. The van der Waals surface area contributed by atoms with Crippen molar-refractivity contribution in [1.82, 2.24) is 15.6 Å². The summed E-state index contributed by atoms with van der Waals surface area (Å²) in [6, 6.07) is 14.6. The Labute approximate surface area is 207 Å². The first-order valence-corrected chi connectivity index (χ1v) is 12.4. The molecule has 2 unspecified atom stereocenters. The minimum absolute atomic E-state index is 0.0559. The predicted molar refractivity (Wildman–Crippen MR) is 132 cm³/mol. The SMILES string of the molecule is CCC(NC(=O)C(CCC(=O)O)NC(=O)OCC1c2ccccc2-c2ccccc21)c1nccs1. The molecular weight excluding hydrogens is 466 g/mol. The fraction of sp³-hybridized carbons (Fsp3) is 0.308. The molecular formula is C26H27N3O5S. The lowest BCUT2D eigenvalue weighted by Crippen LogP contribution is -2.48. The molecule has 0 bridgehead atoms. The van der Waals surface area contributed by atoms with Crippen molar-refractivity contribution in [1.29, 1.82) is 0 Å². The minimum Gasteiger partial charge on any atom is -0.481 e. The Morgan fingerprint density at radius 1 is 1.06 bits per heavy atom. The van der Waals surface area contributed by atoms with Crippen LogP contribution in [0.4, 0.5) is 4.79 Å². The lowest BCUT2D eigenvalue weighted by molar-refractivity contribution is -0.137. The summed E-state index contributed by atoms with van der Waals surface area (Å²) in [7, 11) is 0. The molecule has 8 nitrogen and oxygen atoms in total. The van der Waals surface area contributed by atoms with Crippen molar-refractivity contribution in [3.8, 4) is 11.1 Å². The van der Waals surface area contributed by atoms with Crippen LogP contribution in [0.5, 0.6) is 0 Å². The zero-order valence-corrected chi connectivity index (χ0v) is 20.1. The van der Waals surface area contributed by atoms with Gasteiger partial charge in [-0.05, 0) is 35.1 Å². The summed E-state index contributed by atoms with van der Waals surface area (Å²) in [5.74, 6) is -1.64. The molecule has 0 radical (unpaired) electrons. The average molecular weight is 494 g/mol. The number of alkyl carbamates (subject to hydrolysis) is 1. The van der Waals surface area contributed by atoms with Crippen molar-refractivity contribution >= 4 is 29.3 Å². The van der Waals surface area contributed by atoms with Gasteiger partial charge >= 0.3 is 12.1 Å². The third-order valence-electron chi connectivity index (χ3n) is 6.07. The van der Waals surface area contributed by atoms with Gasteiger partial charge in [-0.2, -0.15) is 0 Å². The molecule has 2 aromatic carbocycles. The first kappa shape index (κ1) is 24.4. The van der Waals surface area contributed by atoms with E-state index in [4.69, 9.17) is 9.84 Å².